The average Bonchev–Trinajstić information content (AvgIpc) is 2.68. The van der Waals surface area contributed by atoms with Gasteiger partial charge in [-0.05, 0) is 49.2 Å². The third-order valence-corrected chi connectivity index (χ3v) is 6.88. The van der Waals surface area contributed by atoms with Gasteiger partial charge in [-0.2, -0.15) is 17.5 Å². The van der Waals surface area contributed by atoms with Gasteiger partial charge in [-0.25, -0.2) is 8.42 Å². The highest BCUT2D eigenvalue weighted by Crippen LogP contribution is 2.32. The van der Waals surface area contributed by atoms with Crippen molar-refractivity contribution >= 4 is 27.5 Å². The molecule has 10 heteroatoms. The average molecular weight is 447 g/mol. The maximum atomic E-state index is 13.1. The summed E-state index contributed by atoms with van der Waals surface area (Å²) in [6.45, 7) is 0.299. The van der Waals surface area contributed by atoms with E-state index in [4.69, 9.17) is 11.6 Å². The van der Waals surface area contributed by atoms with Gasteiger partial charge in [-0.3, -0.25) is 4.79 Å². The predicted molar refractivity (Wildman–Crippen MR) is 102 cm³/mol. The Morgan fingerprint density at radius 3 is 2.21 bits per heavy atom. The lowest BCUT2D eigenvalue weighted by atomic mass is 10.0. The standard InChI is InChI=1S/C19H18ClF3N2O3S/c20-13-5-7-15(8-6-13)29(27,28)25-11-9-14(10-12-25)24-18(26)16-3-1-2-4-17(16)19(21,22)23/h1-8,14H,9-12H2,(H,24,26). The van der Waals surface area contributed by atoms with Gasteiger partial charge >= 0.3 is 6.18 Å². The molecule has 0 unspecified atom stereocenters. The minimum Gasteiger partial charge on any atom is -0.349 e. The molecule has 1 N–H and O–H groups in total. The highest BCUT2D eigenvalue weighted by molar-refractivity contribution is 7.89. The summed E-state index contributed by atoms with van der Waals surface area (Å²) in [4.78, 5) is 12.5. The smallest absolute Gasteiger partial charge is 0.349 e. The Balaban J connectivity index is 1.65. The highest BCUT2D eigenvalue weighted by Gasteiger charge is 2.36. The summed E-state index contributed by atoms with van der Waals surface area (Å²) < 4.78 is 65.9. The zero-order valence-corrected chi connectivity index (χ0v) is 16.7. The molecule has 1 aliphatic heterocycles. The van der Waals surface area contributed by atoms with Crippen LogP contribution >= 0.6 is 11.6 Å². The molecule has 0 saturated carbocycles. The zero-order chi connectivity index (χ0) is 21.2. The lowest BCUT2D eigenvalue weighted by Crippen LogP contribution is -2.46. The van der Waals surface area contributed by atoms with Crippen molar-refractivity contribution in [2.45, 2.75) is 30.0 Å². The number of carbonyl (C=O) groups excluding carboxylic acids is 1. The van der Waals surface area contributed by atoms with Crippen molar-refractivity contribution in [1.29, 1.82) is 0 Å². The second kappa shape index (κ2) is 8.33. The van der Waals surface area contributed by atoms with E-state index >= 15 is 0 Å². The molecule has 0 bridgehead atoms. The number of hydrogen-bond acceptors (Lipinski definition) is 3. The number of halogens is 4. The molecule has 29 heavy (non-hydrogen) atoms. The van der Waals surface area contributed by atoms with Crippen molar-refractivity contribution in [2.75, 3.05) is 13.1 Å². The first-order valence-corrected chi connectivity index (χ1v) is 10.6. The fourth-order valence-electron chi connectivity index (χ4n) is 3.19. The first kappa shape index (κ1) is 21.6. The SMILES string of the molecule is O=C(NC1CCN(S(=O)(=O)c2ccc(Cl)cc2)CC1)c1ccccc1C(F)(F)F. The van der Waals surface area contributed by atoms with Crippen LogP contribution in [0.3, 0.4) is 0 Å². The number of alkyl halides is 3. The molecule has 0 radical (unpaired) electrons. The zero-order valence-electron chi connectivity index (χ0n) is 15.1. The Hall–Kier alpha value is -2.10. The largest absolute Gasteiger partial charge is 0.417 e. The Morgan fingerprint density at radius 2 is 1.62 bits per heavy atom. The number of nitrogens with one attached hydrogen (secondary N) is 1. The van der Waals surface area contributed by atoms with E-state index in [0.717, 1.165) is 12.1 Å². The van der Waals surface area contributed by atoms with Gasteiger partial charge in [0.2, 0.25) is 10.0 Å². The van der Waals surface area contributed by atoms with E-state index < -0.39 is 39.3 Å². The van der Waals surface area contributed by atoms with Crippen LogP contribution in [0.25, 0.3) is 0 Å². The number of amides is 1. The van der Waals surface area contributed by atoms with Crippen LogP contribution in [0.2, 0.25) is 5.02 Å². The van der Waals surface area contributed by atoms with Crippen LogP contribution in [0.15, 0.2) is 53.4 Å². The van der Waals surface area contributed by atoms with Gasteiger partial charge in [0.15, 0.2) is 0 Å². The van der Waals surface area contributed by atoms with Crippen LogP contribution in [0.4, 0.5) is 13.2 Å². The number of sulfonamides is 1. The van der Waals surface area contributed by atoms with Crippen LogP contribution in [0, 0.1) is 0 Å². The third kappa shape index (κ3) is 4.91. The van der Waals surface area contributed by atoms with Crippen LogP contribution in [0.5, 0.6) is 0 Å². The number of rotatable bonds is 4. The summed E-state index contributed by atoms with van der Waals surface area (Å²) in [5.41, 5.74) is -1.45. The van der Waals surface area contributed by atoms with Gasteiger partial charge in [0.25, 0.3) is 5.91 Å². The Bertz CT molecular complexity index is 987. The maximum absolute atomic E-state index is 13.1. The van der Waals surface area contributed by atoms with E-state index in [2.05, 4.69) is 5.32 Å². The van der Waals surface area contributed by atoms with E-state index in [-0.39, 0.29) is 18.0 Å². The predicted octanol–water partition coefficient (Wildman–Crippen LogP) is 3.94. The van der Waals surface area contributed by atoms with Gasteiger partial charge in [-0.1, -0.05) is 23.7 Å². The molecule has 1 amide bonds. The second-order valence-corrected chi connectivity index (χ2v) is 9.02. The number of hydrogen-bond donors (Lipinski definition) is 1. The molecule has 1 heterocycles. The molecule has 1 fully saturated rings. The monoisotopic (exact) mass is 446 g/mol. The van der Waals surface area contributed by atoms with Gasteiger partial charge in [0.1, 0.15) is 0 Å². The number of carbonyl (C=O) groups is 1. The van der Waals surface area contributed by atoms with Crippen LogP contribution in [-0.4, -0.2) is 37.8 Å². The second-order valence-electron chi connectivity index (χ2n) is 6.65. The van der Waals surface area contributed by atoms with Crippen molar-refractivity contribution in [3.63, 3.8) is 0 Å². The van der Waals surface area contributed by atoms with Gasteiger partial charge < -0.3 is 5.32 Å². The van der Waals surface area contributed by atoms with Crippen LogP contribution in [-0.2, 0) is 16.2 Å². The molecule has 0 aliphatic carbocycles. The minimum absolute atomic E-state index is 0.114. The molecule has 0 atom stereocenters. The highest BCUT2D eigenvalue weighted by atomic mass is 35.5. The topological polar surface area (TPSA) is 66.5 Å². The fourth-order valence-corrected chi connectivity index (χ4v) is 4.78. The first-order valence-electron chi connectivity index (χ1n) is 8.82. The van der Waals surface area contributed by atoms with E-state index in [1.54, 1.807) is 0 Å². The van der Waals surface area contributed by atoms with Crippen molar-refractivity contribution in [3.05, 3.63) is 64.7 Å². The number of nitrogens with zero attached hydrogens (tertiary/aromatic N) is 1. The summed E-state index contributed by atoms with van der Waals surface area (Å²) in [6, 6.07) is 9.96. The number of benzene rings is 2. The van der Waals surface area contributed by atoms with Crippen molar-refractivity contribution in [2.24, 2.45) is 0 Å². The Kier molecular flexibility index (Phi) is 6.21. The number of piperidine rings is 1. The Morgan fingerprint density at radius 1 is 1.03 bits per heavy atom. The van der Waals surface area contributed by atoms with Crippen LogP contribution < -0.4 is 5.32 Å². The summed E-state index contributed by atoms with van der Waals surface area (Å²) >= 11 is 5.79. The van der Waals surface area contributed by atoms with Gasteiger partial charge in [0, 0.05) is 24.2 Å². The lowest BCUT2D eigenvalue weighted by Gasteiger charge is -2.31. The van der Waals surface area contributed by atoms with E-state index in [0.29, 0.717) is 17.9 Å². The lowest BCUT2D eigenvalue weighted by molar-refractivity contribution is -0.137. The van der Waals surface area contributed by atoms with Gasteiger partial charge in [-0.15, -0.1) is 0 Å². The quantitative estimate of drug-likeness (QED) is 0.773. The van der Waals surface area contributed by atoms with Crippen molar-refractivity contribution < 1.29 is 26.4 Å². The van der Waals surface area contributed by atoms with Crippen molar-refractivity contribution in [1.82, 2.24) is 9.62 Å². The Labute approximate surface area is 171 Å². The molecule has 156 valence electrons. The summed E-state index contributed by atoms with van der Waals surface area (Å²) in [5.74, 6) is -0.822. The molecular formula is C19H18ClF3N2O3S. The summed E-state index contributed by atoms with van der Waals surface area (Å²) in [5, 5.41) is 3.01. The maximum Gasteiger partial charge on any atom is 0.417 e. The minimum atomic E-state index is -4.63. The fraction of sp³-hybridized carbons (Fsp3) is 0.316. The summed E-state index contributed by atoms with van der Waals surface area (Å²) in [7, 11) is -3.70. The third-order valence-electron chi connectivity index (χ3n) is 4.72. The van der Waals surface area contributed by atoms with Crippen LogP contribution in [0.1, 0.15) is 28.8 Å². The molecular weight excluding hydrogens is 429 g/mol. The molecule has 3 rings (SSSR count). The molecule has 2 aromatic rings. The molecule has 0 spiro atoms. The molecule has 1 saturated heterocycles. The molecule has 1 aliphatic rings. The van der Waals surface area contributed by atoms with E-state index in [1.165, 1.54) is 40.7 Å². The normalized spacial score (nSPS) is 16.6. The molecule has 0 aromatic heterocycles. The first-order chi connectivity index (χ1) is 13.6. The van der Waals surface area contributed by atoms with Crippen molar-refractivity contribution in [3.8, 4) is 0 Å². The van der Waals surface area contributed by atoms with Gasteiger partial charge in [0.05, 0.1) is 16.0 Å². The summed E-state index contributed by atoms with van der Waals surface area (Å²) in [6.07, 6.45) is -4.04. The molecule has 2 aromatic carbocycles. The van der Waals surface area contributed by atoms with E-state index in [9.17, 15) is 26.4 Å². The van der Waals surface area contributed by atoms with E-state index in [1.807, 2.05) is 0 Å². The molecule has 5 nitrogen and oxygen atoms in total.